The molecule has 20 heavy (non-hydrogen) atoms. The highest BCUT2D eigenvalue weighted by atomic mass is 16.2. The highest BCUT2D eigenvalue weighted by Gasteiger charge is 2.28. The van der Waals surface area contributed by atoms with Crippen molar-refractivity contribution in [2.75, 3.05) is 24.5 Å². The van der Waals surface area contributed by atoms with Gasteiger partial charge in [-0.25, -0.2) is 4.68 Å². The van der Waals surface area contributed by atoms with Crippen LogP contribution in [-0.2, 0) is 6.42 Å². The van der Waals surface area contributed by atoms with Crippen molar-refractivity contribution in [3.63, 3.8) is 0 Å². The van der Waals surface area contributed by atoms with Crippen LogP contribution in [0.25, 0.3) is 0 Å². The van der Waals surface area contributed by atoms with E-state index < -0.39 is 0 Å². The molecule has 2 aliphatic rings. The maximum absolute atomic E-state index is 12.5. The molecule has 1 fully saturated rings. The molecule has 6 heteroatoms. The number of carbonyl (C=O) groups is 1. The molecule has 1 aromatic heterocycles. The zero-order valence-electron chi connectivity index (χ0n) is 11.0. The van der Waals surface area contributed by atoms with Gasteiger partial charge in [-0.2, -0.15) is 0 Å². The van der Waals surface area contributed by atoms with Crippen LogP contribution in [0.4, 0.5) is 5.69 Å². The number of hydrogen-bond donors (Lipinski definition) is 1. The number of rotatable bonds is 2. The average molecular weight is 269 g/mol. The Labute approximate surface area is 116 Å². The molecule has 1 amide bonds. The Kier molecular flexibility index (Phi) is 2.56. The van der Waals surface area contributed by atoms with E-state index in [0.717, 1.165) is 31.7 Å². The average Bonchev–Trinajstić information content (AvgIpc) is 3.02. The van der Waals surface area contributed by atoms with E-state index in [0.29, 0.717) is 11.7 Å². The molecule has 0 saturated carbocycles. The number of amides is 1. The number of benzene rings is 1. The van der Waals surface area contributed by atoms with Gasteiger partial charge in [0.05, 0.1) is 12.2 Å². The summed E-state index contributed by atoms with van der Waals surface area (Å²) in [4.78, 5) is 14.3. The van der Waals surface area contributed by atoms with Gasteiger partial charge in [-0.3, -0.25) is 4.79 Å². The third-order valence-electron chi connectivity index (χ3n) is 4.00. The molecular weight excluding hydrogens is 254 g/mol. The smallest absolute Gasteiger partial charge is 0.280 e. The Bertz CT molecular complexity index is 661. The van der Waals surface area contributed by atoms with Gasteiger partial charge in [0.25, 0.3) is 5.91 Å². The van der Waals surface area contributed by atoms with E-state index >= 15 is 0 Å². The van der Waals surface area contributed by atoms with Crippen molar-refractivity contribution in [3.05, 3.63) is 41.7 Å². The van der Waals surface area contributed by atoms with Crippen molar-refractivity contribution in [3.8, 4) is 0 Å². The Hall–Kier alpha value is -2.21. The Balaban J connectivity index is 1.60. The van der Waals surface area contributed by atoms with Crippen LogP contribution in [0.1, 0.15) is 22.1 Å². The van der Waals surface area contributed by atoms with Crippen LogP contribution in [0.15, 0.2) is 30.5 Å². The Morgan fingerprint density at radius 3 is 2.95 bits per heavy atom. The highest BCUT2D eigenvalue weighted by Crippen LogP contribution is 2.28. The number of fused-ring (bicyclic) bond motifs is 1. The molecule has 1 saturated heterocycles. The summed E-state index contributed by atoms with van der Waals surface area (Å²) >= 11 is 0. The maximum Gasteiger partial charge on any atom is 0.280 e. The summed E-state index contributed by atoms with van der Waals surface area (Å²) in [5.41, 5.74) is 2.64. The molecule has 0 spiro atoms. The number of hydrogen-bond acceptors (Lipinski definition) is 4. The monoisotopic (exact) mass is 269 g/mol. The SMILES string of the molecule is O=C(c1cn(C2CNC2)nn1)N1CCc2ccccc21. The quantitative estimate of drug-likeness (QED) is 0.868. The van der Waals surface area contributed by atoms with Crippen molar-refractivity contribution in [1.82, 2.24) is 20.3 Å². The van der Waals surface area contributed by atoms with E-state index in [4.69, 9.17) is 0 Å². The lowest BCUT2D eigenvalue weighted by molar-refractivity contribution is 0.0984. The lowest BCUT2D eigenvalue weighted by Gasteiger charge is -2.26. The van der Waals surface area contributed by atoms with Gasteiger partial charge in [-0.05, 0) is 18.1 Å². The molecular formula is C14H15N5O. The molecule has 6 nitrogen and oxygen atoms in total. The lowest BCUT2D eigenvalue weighted by atomic mass is 10.2. The van der Waals surface area contributed by atoms with Gasteiger partial charge >= 0.3 is 0 Å². The van der Waals surface area contributed by atoms with Gasteiger partial charge in [0.2, 0.25) is 0 Å². The van der Waals surface area contributed by atoms with Crippen molar-refractivity contribution >= 4 is 11.6 Å². The minimum Gasteiger partial charge on any atom is -0.312 e. The number of anilines is 1. The second-order valence-corrected chi connectivity index (χ2v) is 5.23. The van der Waals surface area contributed by atoms with Crippen molar-refractivity contribution in [1.29, 1.82) is 0 Å². The van der Waals surface area contributed by atoms with Gasteiger partial charge in [0.15, 0.2) is 5.69 Å². The number of para-hydroxylation sites is 1. The predicted octanol–water partition coefficient (Wildman–Crippen LogP) is 0.625. The van der Waals surface area contributed by atoms with E-state index in [9.17, 15) is 4.79 Å². The van der Waals surface area contributed by atoms with Gasteiger partial charge in [0, 0.05) is 25.3 Å². The number of aromatic nitrogens is 3. The summed E-state index contributed by atoms with van der Waals surface area (Å²) in [6.07, 6.45) is 2.66. The first-order chi connectivity index (χ1) is 9.83. The fourth-order valence-corrected chi connectivity index (χ4v) is 2.70. The molecule has 0 aliphatic carbocycles. The molecule has 2 aromatic rings. The van der Waals surface area contributed by atoms with E-state index in [1.807, 2.05) is 18.2 Å². The van der Waals surface area contributed by atoms with Crippen LogP contribution in [0, 0.1) is 0 Å². The largest absolute Gasteiger partial charge is 0.312 e. The summed E-state index contributed by atoms with van der Waals surface area (Å²) < 4.78 is 1.78. The second-order valence-electron chi connectivity index (χ2n) is 5.23. The summed E-state index contributed by atoms with van der Waals surface area (Å²) in [7, 11) is 0. The summed E-state index contributed by atoms with van der Waals surface area (Å²) in [6.45, 7) is 2.50. The number of nitrogens with one attached hydrogen (secondary N) is 1. The fourth-order valence-electron chi connectivity index (χ4n) is 2.70. The maximum atomic E-state index is 12.5. The minimum atomic E-state index is -0.0616. The van der Waals surface area contributed by atoms with E-state index in [1.54, 1.807) is 15.8 Å². The molecule has 1 aromatic carbocycles. The van der Waals surface area contributed by atoms with E-state index in [1.165, 1.54) is 5.56 Å². The zero-order valence-corrected chi connectivity index (χ0v) is 11.0. The first kappa shape index (κ1) is 11.6. The summed E-state index contributed by atoms with van der Waals surface area (Å²) in [5.74, 6) is -0.0616. The van der Waals surface area contributed by atoms with Gasteiger partial charge < -0.3 is 10.2 Å². The van der Waals surface area contributed by atoms with E-state index in [2.05, 4.69) is 21.7 Å². The molecule has 102 valence electrons. The normalized spacial score (nSPS) is 17.9. The van der Waals surface area contributed by atoms with E-state index in [-0.39, 0.29) is 5.91 Å². The fraction of sp³-hybridized carbons (Fsp3) is 0.357. The van der Waals surface area contributed by atoms with Crippen LogP contribution >= 0.6 is 0 Å². The van der Waals surface area contributed by atoms with Crippen molar-refractivity contribution in [2.45, 2.75) is 12.5 Å². The molecule has 0 atom stereocenters. The molecule has 0 unspecified atom stereocenters. The number of carbonyl (C=O) groups excluding carboxylic acids is 1. The molecule has 2 aliphatic heterocycles. The highest BCUT2D eigenvalue weighted by molar-refractivity contribution is 6.05. The second kappa shape index (κ2) is 4.42. The van der Waals surface area contributed by atoms with Crippen LogP contribution in [0.3, 0.4) is 0 Å². The topological polar surface area (TPSA) is 63.1 Å². The van der Waals surface area contributed by atoms with Gasteiger partial charge in [0.1, 0.15) is 0 Å². The Morgan fingerprint density at radius 1 is 1.30 bits per heavy atom. The van der Waals surface area contributed by atoms with Crippen LogP contribution in [-0.4, -0.2) is 40.5 Å². The van der Waals surface area contributed by atoms with Gasteiger partial charge in [-0.15, -0.1) is 5.10 Å². The predicted molar refractivity (Wildman–Crippen MR) is 73.8 cm³/mol. The molecule has 0 bridgehead atoms. The molecule has 3 heterocycles. The van der Waals surface area contributed by atoms with Gasteiger partial charge in [-0.1, -0.05) is 23.4 Å². The van der Waals surface area contributed by atoms with Crippen molar-refractivity contribution in [2.24, 2.45) is 0 Å². The van der Waals surface area contributed by atoms with Crippen LogP contribution < -0.4 is 10.2 Å². The summed E-state index contributed by atoms with van der Waals surface area (Å²) in [5, 5.41) is 11.3. The molecule has 1 N–H and O–H groups in total. The van der Waals surface area contributed by atoms with Crippen molar-refractivity contribution < 1.29 is 4.79 Å². The summed E-state index contributed by atoms with van der Waals surface area (Å²) in [6, 6.07) is 8.35. The lowest BCUT2D eigenvalue weighted by Crippen LogP contribution is -2.43. The Morgan fingerprint density at radius 2 is 2.15 bits per heavy atom. The van der Waals surface area contributed by atoms with Crippen LogP contribution in [0.5, 0.6) is 0 Å². The first-order valence-electron chi connectivity index (χ1n) is 6.85. The third kappa shape index (κ3) is 1.72. The third-order valence-corrected chi connectivity index (χ3v) is 4.00. The molecule has 0 radical (unpaired) electrons. The standard InChI is InChI=1S/C14H15N5O/c20-14(12-9-19(17-16-12)11-7-15-8-11)18-6-5-10-3-1-2-4-13(10)18/h1-4,9,11,15H,5-8H2. The number of nitrogens with zero attached hydrogens (tertiary/aromatic N) is 4. The van der Waals surface area contributed by atoms with Crippen LogP contribution in [0.2, 0.25) is 0 Å². The minimum absolute atomic E-state index is 0.0616. The molecule has 4 rings (SSSR count). The zero-order chi connectivity index (χ0) is 13.5. The first-order valence-corrected chi connectivity index (χ1v) is 6.85.